The maximum absolute atomic E-state index is 14.9. The highest BCUT2D eigenvalue weighted by Crippen LogP contribution is 2.33. The monoisotopic (exact) mass is 428 g/mol. The summed E-state index contributed by atoms with van der Waals surface area (Å²) in [7, 11) is 1.51. The van der Waals surface area contributed by atoms with Gasteiger partial charge in [-0.2, -0.15) is 0 Å². The van der Waals surface area contributed by atoms with Crippen LogP contribution in [-0.4, -0.2) is 32.9 Å². The summed E-state index contributed by atoms with van der Waals surface area (Å²) in [5, 5.41) is 0.411. The van der Waals surface area contributed by atoms with Crippen LogP contribution < -0.4 is 16.2 Å². The van der Waals surface area contributed by atoms with Crippen LogP contribution in [0.1, 0.15) is 10.4 Å². The van der Waals surface area contributed by atoms with Gasteiger partial charge in [-0.3, -0.25) is 14.5 Å². The van der Waals surface area contributed by atoms with Gasteiger partial charge in [0.15, 0.2) is 5.69 Å². The molecule has 5 rings (SSSR count). The Labute approximate surface area is 180 Å². The standard InChI is InChI=1S/C23H17FN6O2/c1-30(18-8-4-5-9-26-18)23(32)12-10-13-17(11-14(12)24)28-20(19(13)25)21-22(31)29-16-7-3-2-6-15(16)27-21/h2-11,28H,25H2,1H3,(H,29,31). The van der Waals surface area contributed by atoms with Crippen LogP contribution in [0.3, 0.4) is 0 Å². The van der Waals surface area contributed by atoms with Gasteiger partial charge in [0.1, 0.15) is 11.6 Å². The van der Waals surface area contributed by atoms with Crippen molar-refractivity contribution in [2.24, 2.45) is 0 Å². The van der Waals surface area contributed by atoms with Crippen molar-refractivity contribution >= 4 is 39.3 Å². The van der Waals surface area contributed by atoms with Gasteiger partial charge >= 0.3 is 0 Å². The highest BCUT2D eigenvalue weighted by atomic mass is 19.1. The molecular formula is C23H17FN6O2. The summed E-state index contributed by atoms with van der Waals surface area (Å²) in [5.41, 5.74) is 7.76. The summed E-state index contributed by atoms with van der Waals surface area (Å²) in [6.45, 7) is 0. The van der Waals surface area contributed by atoms with Crippen LogP contribution in [0.2, 0.25) is 0 Å². The van der Waals surface area contributed by atoms with E-state index in [9.17, 15) is 14.0 Å². The number of anilines is 2. The highest BCUT2D eigenvalue weighted by molar-refractivity contribution is 6.09. The van der Waals surface area contributed by atoms with Crippen molar-refractivity contribution in [3.8, 4) is 11.4 Å². The lowest BCUT2D eigenvalue weighted by atomic mass is 10.1. The fourth-order valence-corrected chi connectivity index (χ4v) is 3.62. The number of benzene rings is 2. The molecule has 158 valence electrons. The third-order valence-electron chi connectivity index (χ3n) is 5.29. The minimum Gasteiger partial charge on any atom is -0.396 e. The first-order valence-corrected chi connectivity index (χ1v) is 9.73. The molecule has 32 heavy (non-hydrogen) atoms. The number of H-pyrrole nitrogens is 2. The number of para-hydroxylation sites is 2. The molecule has 8 nitrogen and oxygen atoms in total. The van der Waals surface area contributed by atoms with Crippen LogP contribution in [0.15, 0.2) is 65.6 Å². The van der Waals surface area contributed by atoms with Gasteiger partial charge in [0.05, 0.1) is 33.5 Å². The largest absolute Gasteiger partial charge is 0.396 e. The van der Waals surface area contributed by atoms with Crippen molar-refractivity contribution in [1.29, 1.82) is 0 Å². The van der Waals surface area contributed by atoms with Crippen LogP contribution in [0, 0.1) is 5.82 Å². The number of carbonyl (C=O) groups excluding carboxylic acids is 1. The topological polar surface area (TPSA) is 121 Å². The molecule has 0 bridgehead atoms. The van der Waals surface area contributed by atoms with Crippen molar-refractivity contribution in [3.05, 3.63) is 82.5 Å². The van der Waals surface area contributed by atoms with E-state index in [1.165, 1.54) is 24.1 Å². The van der Waals surface area contributed by atoms with E-state index in [-0.39, 0.29) is 22.6 Å². The van der Waals surface area contributed by atoms with Gasteiger partial charge in [-0.05, 0) is 36.4 Å². The van der Waals surface area contributed by atoms with Gasteiger partial charge in [-0.1, -0.05) is 18.2 Å². The number of amides is 1. The van der Waals surface area contributed by atoms with Gasteiger partial charge in [-0.25, -0.2) is 14.4 Å². The number of nitrogen functional groups attached to an aromatic ring is 1. The first-order valence-electron chi connectivity index (χ1n) is 9.73. The Hall–Kier alpha value is -4.53. The van der Waals surface area contributed by atoms with Crippen molar-refractivity contribution in [2.45, 2.75) is 0 Å². The molecule has 1 amide bonds. The molecule has 5 aromatic rings. The Kier molecular flexibility index (Phi) is 4.44. The number of hydrogen-bond acceptors (Lipinski definition) is 5. The lowest BCUT2D eigenvalue weighted by molar-refractivity contribution is 0.0988. The molecule has 0 aliphatic heterocycles. The van der Waals surface area contributed by atoms with Gasteiger partial charge in [0.25, 0.3) is 11.5 Å². The second-order valence-corrected chi connectivity index (χ2v) is 7.28. The first kappa shape index (κ1) is 19.4. The number of rotatable bonds is 3. The lowest BCUT2D eigenvalue weighted by Gasteiger charge is -2.16. The summed E-state index contributed by atoms with van der Waals surface area (Å²) < 4.78 is 14.9. The summed E-state index contributed by atoms with van der Waals surface area (Å²) in [5.74, 6) is -0.919. The predicted molar refractivity (Wildman–Crippen MR) is 121 cm³/mol. The SMILES string of the molecule is CN(C(=O)c1cc2c(N)c(-c3nc4ccccc4[nH]c3=O)[nH]c2cc1F)c1ccccn1. The second kappa shape index (κ2) is 7.31. The molecule has 0 fully saturated rings. The van der Waals surface area contributed by atoms with E-state index in [4.69, 9.17) is 5.73 Å². The van der Waals surface area contributed by atoms with Gasteiger partial charge in [0.2, 0.25) is 0 Å². The van der Waals surface area contributed by atoms with Crippen LogP contribution in [0.5, 0.6) is 0 Å². The molecule has 0 spiro atoms. The molecule has 4 N–H and O–H groups in total. The first-order chi connectivity index (χ1) is 15.4. The zero-order valence-corrected chi connectivity index (χ0v) is 16.9. The van der Waals surface area contributed by atoms with E-state index in [0.717, 1.165) is 0 Å². The lowest BCUT2D eigenvalue weighted by Crippen LogP contribution is -2.27. The van der Waals surface area contributed by atoms with Crippen molar-refractivity contribution in [1.82, 2.24) is 19.9 Å². The van der Waals surface area contributed by atoms with E-state index in [0.29, 0.717) is 27.8 Å². The Morgan fingerprint density at radius 1 is 1.06 bits per heavy atom. The van der Waals surface area contributed by atoms with E-state index < -0.39 is 17.3 Å². The highest BCUT2D eigenvalue weighted by Gasteiger charge is 2.22. The smallest absolute Gasteiger partial charge is 0.276 e. The number of hydrogen-bond donors (Lipinski definition) is 3. The number of nitrogens with one attached hydrogen (secondary N) is 2. The number of aromatic nitrogens is 4. The van der Waals surface area contributed by atoms with Gasteiger partial charge in [0, 0.05) is 18.6 Å². The van der Waals surface area contributed by atoms with Crippen LogP contribution in [0.4, 0.5) is 15.9 Å². The van der Waals surface area contributed by atoms with Crippen molar-refractivity contribution in [2.75, 3.05) is 17.7 Å². The van der Waals surface area contributed by atoms with Crippen LogP contribution in [-0.2, 0) is 0 Å². The Morgan fingerprint density at radius 2 is 1.84 bits per heavy atom. The number of nitrogens with zero attached hydrogens (tertiary/aromatic N) is 3. The molecule has 3 aromatic heterocycles. The fraction of sp³-hybridized carbons (Fsp3) is 0.0435. The van der Waals surface area contributed by atoms with Crippen LogP contribution >= 0.6 is 0 Å². The second-order valence-electron chi connectivity index (χ2n) is 7.28. The van der Waals surface area contributed by atoms with Crippen molar-refractivity contribution in [3.63, 3.8) is 0 Å². The van der Waals surface area contributed by atoms with Gasteiger partial charge < -0.3 is 15.7 Å². The normalized spacial score (nSPS) is 11.2. The quantitative estimate of drug-likeness (QED) is 0.406. The minimum absolute atomic E-state index is 0.0799. The fourth-order valence-electron chi connectivity index (χ4n) is 3.62. The Bertz CT molecular complexity index is 1560. The number of nitrogens with two attached hydrogens (primary N) is 1. The van der Waals surface area contributed by atoms with E-state index in [2.05, 4.69) is 19.9 Å². The number of fused-ring (bicyclic) bond motifs is 2. The third kappa shape index (κ3) is 3.07. The molecule has 3 heterocycles. The molecule has 0 aliphatic carbocycles. The molecular weight excluding hydrogens is 411 g/mol. The zero-order chi connectivity index (χ0) is 22.4. The summed E-state index contributed by atoms with van der Waals surface area (Å²) in [4.78, 5) is 41.1. The molecule has 0 radical (unpaired) electrons. The average Bonchev–Trinajstić information content (AvgIpc) is 3.12. The van der Waals surface area contributed by atoms with E-state index >= 15 is 0 Å². The number of aromatic amines is 2. The zero-order valence-electron chi connectivity index (χ0n) is 16.9. The summed E-state index contributed by atoms with van der Waals surface area (Å²) >= 11 is 0. The van der Waals surface area contributed by atoms with E-state index in [1.54, 1.807) is 48.7 Å². The Balaban J connectivity index is 1.63. The molecule has 0 aliphatic rings. The van der Waals surface area contributed by atoms with Gasteiger partial charge in [-0.15, -0.1) is 0 Å². The predicted octanol–water partition coefficient (Wildman–Crippen LogP) is 3.46. The minimum atomic E-state index is -0.724. The van der Waals surface area contributed by atoms with Crippen LogP contribution in [0.25, 0.3) is 33.3 Å². The van der Waals surface area contributed by atoms with E-state index in [1.807, 2.05) is 0 Å². The maximum Gasteiger partial charge on any atom is 0.276 e. The summed E-state index contributed by atoms with van der Waals surface area (Å²) in [6.07, 6.45) is 1.54. The average molecular weight is 428 g/mol. The maximum atomic E-state index is 14.9. The third-order valence-corrected chi connectivity index (χ3v) is 5.29. The Morgan fingerprint density at radius 3 is 2.62 bits per heavy atom. The molecule has 0 saturated carbocycles. The number of halogens is 1. The summed E-state index contributed by atoms with van der Waals surface area (Å²) in [6, 6.07) is 14.8. The molecule has 2 aromatic carbocycles. The number of pyridine rings is 1. The number of carbonyl (C=O) groups is 1. The molecule has 0 atom stereocenters. The molecule has 0 saturated heterocycles. The van der Waals surface area contributed by atoms with Crippen molar-refractivity contribution < 1.29 is 9.18 Å². The molecule has 9 heteroatoms. The molecule has 0 unspecified atom stereocenters.